The molecule has 24 heavy (non-hydrogen) atoms. The van der Waals surface area contributed by atoms with Crippen LogP contribution in [0.3, 0.4) is 0 Å². The first-order valence-corrected chi connectivity index (χ1v) is 8.13. The Morgan fingerprint density at radius 3 is 2.88 bits per heavy atom. The molecule has 0 aliphatic carbocycles. The summed E-state index contributed by atoms with van der Waals surface area (Å²) in [6.45, 7) is 7.78. The summed E-state index contributed by atoms with van der Waals surface area (Å²) in [7, 11) is 0. The van der Waals surface area contributed by atoms with Crippen LogP contribution in [-0.2, 0) is 22.5 Å². The number of para-hydroxylation sites is 1. The number of nitrogens with zero attached hydrogens (tertiary/aromatic N) is 1. The van der Waals surface area contributed by atoms with Gasteiger partial charge in [-0.2, -0.15) is 0 Å². The predicted octanol–water partition coefficient (Wildman–Crippen LogP) is 3.05. The van der Waals surface area contributed by atoms with Crippen molar-refractivity contribution >= 4 is 28.6 Å². The average molecular weight is 329 g/mol. The maximum absolute atomic E-state index is 11.9. The molecule has 3 rings (SSSR count). The first-order valence-electron chi connectivity index (χ1n) is 8.13. The Bertz CT molecular complexity index is 802. The van der Waals surface area contributed by atoms with Gasteiger partial charge in [0, 0.05) is 17.6 Å². The fourth-order valence-corrected chi connectivity index (χ4v) is 3.06. The third-order valence-corrected chi connectivity index (χ3v) is 3.86. The highest BCUT2D eigenvalue weighted by Crippen LogP contribution is 2.31. The molecule has 6 heteroatoms. The van der Waals surface area contributed by atoms with Crippen molar-refractivity contribution in [2.24, 2.45) is 0 Å². The standard InChI is InChI=1S/C18H23N3O3/c1-11(19-17(23)24-18(2,3)4)8-12-9-21-10-15(22)20-14-7-5-6-13(12)16(14)21/h5-7,9,11H,8,10H2,1-4H3,(H,19,23)(H,20,22)/t11-/m1/s1. The lowest BCUT2D eigenvalue weighted by Crippen LogP contribution is -2.38. The molecule has 0 spiro atoms. The third-order valence-electron chi connectivity index (χ3n) is 3.86. The molecule has 0 saturated carbocycles. The van der Waals surface area contributed by atoms with Gasteiger partial charge in [0.1, 0.15) is 12.1 Å². The Kier molecular flexibility index (Phi) is 3.99. The van der Waals surface area contributed by atoms with Crippen molar-refractivity contribution in [1.82, 2.24) is 9.88 Å². The summed E-state index contributed by atoms with van der Waals surface area (Å²) >= 11 is 0. The minimum atomic E-state index is -0.514. The van der Waals surface area contributed by atoms with Gasteiger partial charge in [-0.1, -0.05) is 12.1 Å². The van der Waals surface area contributed by atoms with Crippen LogP contribution in [0.15, 0.2) is 24.4 Å². The molecule has 0 bridgehead atoms. The molecule has 2 aromatic rings. The van der Waals surface area contributed by atoms with E-state index in [-0.39, 0.29) is 11.9 Å². The van der Waals surface area contributed by atoms with Crippen LogP contribution in [0.1, 0.15) is 33.3 Å². The van der Waals surface area contributed by atoms with Gasteiger partial charge in [0.25, 0.3) is 0 Å². The van der Waals surface area contributed by atoms with E-state index in [2.05, 4.69) is 10.6 Å². The number of alkyl carbamates (subject to hydrolysis) is 1. The molecule has 0 radical (unpaired) electrons. The second kappa shape index (κ2) is 5.85. The molecular formula is C18H23N3O3. The summed E-state index contributed by atoms with van der Waals surface area (Å²) in [4.78, 5) is 23.7. The van der Waals surface area contributed by atoms with E-state index in [1.807, 2.05) is 56.7 Å². The minimum Gasteiger partial charge on any atom is -0.444 e. The molecule has 2 amide bonds. The number of carbonyl (C=O) groups excluding carboxylic acids is 2. The van der Waals surface area contributed by atoms with Crippen molar-refractivity contribution in [3.05, 3.63) is 30.0 Å². The van der Waals surface area contributed by atoms with E-state index < -0.39 is 11.7 Å². The van der Waals surface area contributed by atoms with Gasteiger partial charge >= 0.3 is 6.09 Å². The summed E-state index contributed by atoms with van der Waals surface area (Å²) in [6, 6.07) is 5.81. The van der Waals surface area contributed by atoms with Crippen LogP contribution in [0.4, 0.5) is 10.5 Å². The maximum Gasteiger partial charge on any atom is 0.407 e. The molecule has 0 unspecified atom stereocenters. The molecule has 1 aromatic heterocycles. The summed E-state index contributed by atoms with van der Waals surface area (Å²) in [5.41, 5.74) is 2.46. The smallest absolute Gasteiger partial charge is 0.407 e. The van der Waals surface area contributed by atoms with Crippen molar-refractivity contribution in [2.75, 3.05) is 5.32 Å². The molecule has 1 aromatic carbocycles. The van der Waals surface area contributed by atoms with Crippen molar-refractivity contribution in [1.29, 1.82) is 0 Å². The number of carbonyl (C=O) groups is 2. The van der Waals surface area contributed by atoms with Crippen LogP contribution in [0, 0.1) is 0 Å². The van der Waals surface area contributed by atoms with E-state index in [0.717, 1.165) is 22.2 Å². The Morgan fingerprint density at radius 1 is 1.42 bits per heavy atom. The van der Waals surface area contributed by atoms with E-state index in [4.69, 9.17) is 4.74 Å². The summed E-state index contributed by atoms with van der Waals surface area (Å²) in [5, 5.41) is 6.86. The highest BCUT2D eigenvalue weighted by atomic mass is 16.6. The van der Waals surface area contributed by atoms with Gasteiger partial charge < -0.3 is 19.9 Å². The maximum atomic E-state index is 11.9. The second-order valence-corrected chi connectivity index (χ2v) is 7.28. The highest BCUT2D eigenvalue weighted by Gasteiger charge is 2.22. The van der Waals surface area contributed by atoms with E-state index in [9.17, 15) is 9.59 Å². The topological polar surface area (TPSA) is 72.4 Å². The van der Waals surface area contributed by atoms with Crippen LogP contribution in [0.2, 0.25) is 0 Å². The predicted molar refractivity (Wildman–Crippen MR) is 93.1 cm³/mol. The Labute approximate surface area is 141 Å². The fourth-order valence-electron chi connectivity index (χ4n) is 3.06. The second-order valence-electron chi connectivity index (χ2n) is 7.28. The number of hydrogen-bond acceptors (Lipinski definition) is 3. The third kappa shape index (κ3) is 3.37. The molecule has 2 N–H and O–H groups in total. The highest BCUT2D eigenvalue weighted by molar-refractivity contribution is 6.05. The van der Waals surface area contributed by atoms with E-state index in [1.165, 1.54) is 0 Å². The lowest BCUT2D eigenvalue weighted by Gasteiger charge is -2.21. The molecule has 0 fully saturated rings. The summed E-state index contributed by atoms with van der Waals surface area (Å²) in [6.07, 6.45) is 2.25. The van der Waals surface area contributed by atoms with Crippen molar-refractivity contribution in [3.8, 4) is 0 Å². The number of benzene rings is 1. The van der Waals surface area contributed by atoms with Gasteiger partial charge in [0.15, 0.2) is 0 Å². The number of hydrogen-bond donors (Lipinski definition) is 2. The number of nitrogens with one attached hydrogen (secondary N) is 2. The Morgan fingerprint density at radius 2 is 2.17 bits per heavy atom. The molecule has 128 valence electrons. The first kappa shape index (κ1) is 16.4. The zero-order valence-electron chi connectivity index (χ0n) is 14.5. The minimum absolute atomic E-state index is 0.0166. The van der Waals surface area contributed by atoms with Crippen LogP contribution in [0.5, 0.6) is 0 Å². The van der Waals surface area contributed by atoms with Crippen LogP contribution < -0.4 is 10.6 Å². The van der Waals surface area contributed by atoms with E-state index >= 15 is 0 Å². The zero-order chi connectivity index (χ0) is 17.5. The average Bonchev–Trinajstić information content (AvgIpc) is 2.75. The fraction of sp³-hybridized carbons (Fsp3) is 0.444. The molecule has 2 heterocycles. The van der Waals surface area contributed by atoms with Gasteiger partial charge in [-0.25, -0.2) is 4.79 Å². The van der Waals surface area contributed by atoms with Gasteiger partial charge in [-0.15, -0.1) is 0 Å². The zero-order valence-corrected chi connectivity index (χ0v) is 14.5. The van der Waals surface area contributed by atoms with E-state index in [1.54, 1.807) is 0 Å². The monoisotopic (exact) mass is 329 g/mol. The SMILES string of the molecule is C[C@H](Cc1cn2c3c(cccc13)NC(=O)C2)NC(=O)OC(C)(C)C. The van der Waals surface area contributed by atoms with Gasteiger partial charge in [-0.3, -0.25) is 4.79 Å². The van der Waals surface area contributed by atoms with Crippen molar-refractivity contribution < 1.29 is 14.3 Å². The molecule has 6 nitrogen and oxygen atoms in total. The molecular weight excluding hydrogens is 306 g/mol. The lowest BCUT2D eigenvalue weighted by atomic mass is 10.1. The number of ether oxygens (including phenoxy) is 1. The summed E-state index contributed by atoms with van der Waals surface area (Å²) < 4.78 is 7.26. The quantitative estimate of drug-likeness (QED) is 0.909. The summed E-state index contributed by atoms with van der Waals surface area (Å²) in [5.74, 6) is -0.0166. The van der Waals surface area contributed by atoms with Crippen molar-refractivity contribution in [2.45, 2.75) is 52.3 Å². The molecule has 0 saturated heterocycles. The van der Waals surface area contributed by atoms with Crippen LogP contribution in [0.25, 0.3) is 10.9 Å². The van der Waals surface area contributed by atoms with Gasteiger partial charge in [-0.05, 0) is 45.7 Å². The number of anilines is 1. The lowest BCUT2D eigenvalue weighted by molar-refractivity contribution is -0.116. The largest absolute Gasteiger partial charge is 0.444 e. The van der Waals surface area contributed by atoms with Crippen LogP contribution in [-0.4, -0.2) is 28.2 Å². The van der Waals surface area contributed by atoms with Crippen LogP contribution >= 0.6 is 0 Å². The van der Waals surface area contributed by atoms with Gasteiger partial charge in [0.2, 0.25) is 5.91 Å². The number of amides is 2. The Balaban J connectivity index is 1.78. The number of aromatic nitrogens is 1. The first-order chi connectivity index (χ1) is 11.2. The molecule has 1 aliphatic heterocycles. The van der Waals surface area contributed by atoms with E-state index in [0.29, 0.717) is 13.0 Å². The van der Waals surface area contributed by atoms with Gasteiger partial charge in [0.05, 0.1) is 11.2 Å². The normalized spacial score (nSPS) is 15.1. The molecule has 1 atom stereocenters. The number of rotatable bonds is 3. The molecule has 1 aliphatic rings. The Hall–Kier alpha value is -2.50. The van der Waals surface area contributed by atoms with Crippen molar-refractivity contribution in [3.63, 3.8) is 0 Å².